The number of benzene rings is 2. The molecule has 6 nitrogen and oxygen atoms in total. The molecule has 0 amide bonds. The van der Waals surface area contributed by atoms with Gasteiger partial charge >= 0.3 is 0 Å². The van der Waals surface area contributed by atoms with Gasteiger partial charge in [-0.05, 0) is 31.0 Å². The number of hydrogen-bond donors (Lipinski definition) is 1. The summed E-state index contributed by atoms with van der Waals surface area (Å²) in [5, 5.41) is 8.93. The Bertz CT molecular complexity index is 1200. The van der Waals surface area contributed by atoms with Crippen molar-refractivity contribution in [3.63, 3.8) is 0 Å². The summed E-state index contributed by atoms with van der Waals surface area (Å²) in [7, 11) is 1.61. The number of allylic oxidation sites excluding steroid dienone is 2. The molecule has 5 rings (SSSR count). The molecular formula is C22H18Cl2N4O2. The molecule has 1 aromatic heterocycles. The number of nitrogens with one attached hydrogen (secondary N) is 1. The lowest BCUT2D eigenvalue weighted by molar-refractivity contribution is -0.116. The van der Waals surface area contributed by atoms with E-state index in [9.17, 15) is 4.79 Å². The maximum atomic E-state index is 12.9. The predicted octanol–water partition coefficient (Wildman–Crippen LogP) is 5.28. The first-order valence-electron chi connectivity index (χ1n) is 9.65. The van der Waals surface area contributed by atoms with Gasteiger partial charge in [0.25, 0.3) is 0 Å². The molecule has 1 unspecified atom stereocenters. The fourth-order valence-electron chi connectivity index (χ4n) is 4.12. The fourth-order valence-corrected chi connectivity index (χ4v) is 4.53. The molecule has 0 radical (unpaired) electrons. The first kappa shape index (κ1) is 19.2. The van der Waals surface area contributed by atoms with Crippen LogP contribution in [0.3, 0.4) is 0 Å². The predicted molar refractivity (Wildman–Crippen MR) is 116 cm³/mol. The summed E-state index contributed by atoms with van der Waals surface area (Å²) >= 11 is 12.9. The molecule has 2 aromatic carbocycles. The van der Waals surface area contributed by atoms with Gasteiger partial charge in [-0.1, -0.05) is 47.5 Å². The quantitative estimate of drug-likeness (QED) is 0.599. The Morgan fingerprint density at radius 2 is 1.97 bits per heavy atom. The molecule has 0 saturated carbocycles. The Morgan fingerprint density at radius 1 is 1.13 bits per heavy atom. The molecule has 2 aliphatic rings. The van der Waals surface area contributed by atoms with Crippen LogP contribution in [0.5, 0.6) is 5.75 Å². The van der Waals surface area contributed by atoms with Crippen molar-refractivity contribution in [3.8, 4) is 17.1 Å². The van der Waals surface area contributed by atoms with Gasteiger partial charge in [-0.3, -0.25) is 4.79 Å². The van der Waals surface area contributed by atoms with Gasteiger partial charge < -0.3 is 10.1 Å². The van der Waals surface area contributed by atoms with Crippen molar-refractivity contribution >= 4 is 34.9 Å². The van der Waals surface area contributed by atoms with Crippen LogP contribution in [0.1, 0.15) is 30.9 Å². The van der Waals surface area contributed by atoms with Crippen molar-refractivity contribution in [1.29, 1.82) is 0 Å². The van der Waals surface area contributed by atoms with E-state index >= 15 is 0 Å². The molecular weight excluding hydrogens is 423 g/mol. The average Bonchev–Trinajstić information content (AvgIpc) is 3.18. The van der Waals surface area contributed by atoms with E-state index in [0.29, 0.717) is 39.6 Å². The Morgan fingerprint density at radius 3 is 2.80 bits per heavy atom. The molecule has 3 aromatic rings. The second kappa shape index (κ2) is 7.45. The highest BCUT2D eigenvalue weighted by molar-refractivity contribution is 6.42. The van der Waals surface area contributed by atoms with Crippen molar-refractivity contribution in [3.05, 3.63) is 69.3 Å². The van der Waals surface area contributed by atoms with Gasteiger partial charge in [-0.25, -0.2) is 4.68 Å². The van der Waals surface area contributed by atoms with E-state index in [0.717, 1.165) is 29.7 Å². The minimum Gasteiger partial charge on any atom is -0.496 e. The minimum absolute atomic E-state index is 0.0878. The monoisotopic (exact) mass is 440 g/mol. The first-order chi connectivity index (χ1) is 14.6. The largest absolute Gasteiger partial charge is 0.496 e. The van der Waals surface area contributed by atoms with E-state index in [4.69, 9.17) is 38.0 Å². The van der Waals surface area contributed by atoms with Crippen LogP contribution in [0.25, 0.3) is 11.4 Å². The number of hydrogen-bond acceptors (Lipinski definition) is 5. The maximum absolute atomic E-state index is 12.9. The summed E-state index contributed by atoms with van der Waals surface area (Å²) in [5.41, 5.74) is 3.04. The number of rotatable bonds is 3. The van der Waals surface area contributed by atoms with Crippen LogP contribution in [0.2, 0.25) is 10.0 Å². The molecule has 0 spiro atoms. The number of halogens is 2. The smallest absolute Gasteiger partial charge is 0.226 e. The molecule has 2 heterocycles. The lowest BCUT2D eigenvalue weighted by atomic mass is 9.85. The molecule has 30 heavy (non-hydrogen) atoms. The lowest BCUT2D eigenvalue weighted by Crippen LogP contribution is -2.31. The normalized spacial score (nSPS) is 18.0. The Kier molecular flexibility index (Phi) is 4.76. The Labute approximate surface area is 183 Å². The lowest BCUT2D eigenvalue weighted by Gasteiger charge is -2.32. The van der Waals surface area contributed by atoms with Crippen LogP contribution in [-0.4, -0.2) is 27.7 Å². The number of para-hydroxylation sites is 1. The molecule has 8 heteroatoms. The van der Waals surface area contributed by atoms with Gasteiger partial charge in [0.05, 0.1) is 22.7 Å². The SMILES string of the molecule is COc1ccccc1-c1nc2n(n1)C(c1cccc(Cl)c1Cl)C1=C(CCCC1=O)N2. The van der Waals surface area contributed by atoms with Gasteiger partial charge in [0.2, 0.25) is 5.95 Å². The number of carbonyl (C=O) groups excluding carboxylic acids is 1. The number of ether oxygens (including phenoxy) is 1. The molecule has 1 atom stereocenters. The first-order valence-corrected chi connectivity index (χ1v) is 10.4. The molecule has 1 N–H and O–H groups in total. The topological polar surface area (TPSA) is 69.0 Å². The zero-order valence-corrected chi connectivity index (χ0v) is 17.7. The standard InChI is InChI=1S/C22H18Cl2N4O2/c1-30-17-11-3-2-6-12(17)21-26-22-25-15-9-5-10-16(29)18(15)20(28(22)27-21)13-7-4-8-14(23)19(13)24/h2-4,6-8,11,20H,5,9-10H2,1H3,(H,25,26,27). The third-order valence-corrected chi connectivity index (χ3v) is 6.33. The molecule has 0 fully saturated rings. The van der Waals surface area contributed by atoms with Gasteiger partial charge in [0, 0.05) is 23.3 Å². The van der Waals surface area contributed by atoms with E-state index in [1.165, 1.54) is 0 Å². The zero-order valence-electron chi connectivity index (χ0n) is 16.2. The van der Waals surface area contributed by atoms with Crippen LogP contribution >= 0.6 is 23.2 Å². The number of aromatic nitrogens is 3. The Hall–Kier alpha value is -2.83. The highest BCUT2D eigenvalue weighted by Gasteiger charge is 2.38. The number of anilines is 1. The van der Waals surface area contributed by atoms with Crippen LogP contribution in [0.4, 0.5) is 5.95 Å². The molecule has 1 aliphatic carbocycles. The summed E-state index contributed by atoms with van der Waals surface area (Å²) < 4.78 is 7.20. The number of fused-ring (bicyclic) bond motifs is 1. The van der Waals surface area contributed by atoms with Crippen LogP contribution < -0.4 is 10.1 Å². The van der Waals surface area contributed by atoms with Crippen molar-refractivity contribution in [2.45, 2.75) is 25.3 Å². The van der Waals surface area contributed by atoms with Crippen LogP contribution in [0.15, 0.2) is 53.7 Å². The third-order valence-electron chi connectivity index (χ3n) is 5.49. The van der Waals surface area contributed by atoms with Gasteiger partial charge in [0.1, 0.15) is 11.8 Å². The number of methoxy groups -OCH3 is 1. The summed E-state index contributed by atoms with van der Waals surface area (Å²) in [6, 6.07) is 12.5. The van der Waals surface area contributed by atoms with Gasteiger partial charge in [-0.2, -0.15) is 4.98 Å². The van der Waals surface area contributed by atoms with E-state index < -0.39 is 6.04 Å². The van der Waals surface area contributed by atoms with Crippen molar-refractivity contribution in [2.24, 2.45) is 0 Å². The second-order valence-electron chi connectivity index (χ2n) is 7.24. The number of Topliss-reactive ketones (excluding diaryl/α,β-unsaturated/α-hetero) is 1. The van der Waals surface area contributed by atoms with E-state index in [1.54, 1.807) is 17.9 Å². The summed E-state index contributed by atoms with van der Waals surface area (Å²) in [6.45, 7) is 0. The molecule has 0 saturated heterocycles. The van der Waals surface area contributed by atoms with E-state index in [2.05, 4.69) is 5.32 Å². The summed E-state index contributed by atoms with van der Waals surface area (Å²) in [4.78, 5) is 17.7. The van der Waals surface area contributed by atoms with Crippen molar-refractivity contribution in [1.82, 2.24) is 14.8 Å². The van der Waals surface area contributed by atoms with Crippen molar-refractivity contribution in [2.75, 3.05) is 12.4 Å². The van der Waals surface area contributed by atoms with Crippen LogP contribution in [0, 0.1) is 0 Å². The number of carbonyl (C=O) groups is 1. The van der Waals surface area contributed by atoms with Crippen LogP contribution in [-0.2, 0) is 4.79 Å². The summed E-state index contributed by atoms with van der Waals surface area (Å²) in [5.74, 6) is 1.83. The molecule has 152 valence electrons. The zero-order chi connectivity index (χ0) is 20.8. The Balaban J connectivity index is 1.72. The maximum Gasteiger partial charge on any atom is 0.226 e. The number of nitrogens with zero attached hydrogens (tertiary/aromatic N) is 3. The van der Waals surface area contributed by atoms with Gasteiger partial charge in [0.15, 0.2) is 11.6 Å². The minimum atomic E-state index is -0.494. The molecule has 0 bridgehead atoms. The second-order valence-corrected chi connectivity index (χ2v) is 8.03. The fraction of sp³-hybridized carbons (Fsp3) is 0.227. The third kappa shape index (κ3) is 2.99. The van der Waals surface area contributed by atoms with Crippen molar-refractivity contribution < 1.29 is 9.53 Å². The summed E-state index contributed by atoms with van der Waals surface area (Å²) in [6.07, 6.45) is 2.07. The van der Waals surface area contributed by atoms with Gasteiger partial charge in [-0.15, -0.1) is 5.10 Å². The van der Waals surface area contributed by atoms with E-state index in [1.807, 2.05) is 36.4 Å². The van der Waals surface area contributed by atoms with E-state index in [-0.39, 0.29) is 5.78 Å². The number of ketones is 1. The average molecular weight is 441 g/mol. The highest BCUT2D eigenvalue weighted by Crippen LogP contribution is 2.44. The molecule has 1 aliphatic heterocycles. The highest BCUT2D eigenvalue weighted by atomic mass is 35.5.